The molecule has 0 saturated heterocycles. The van der Waals surface area contributed by atoms with E-state index in [1.807, 2.05) is 0 Å². The Morgan fingerprint density at radius 1 is 0.903 bits per heavy atom. The third kappa shape index (κ3) is 5.20. The average Bonchev–Trinajstić information content (AvgIpc) is 2.72. The van der Waals surface area contributed by atoms with Crippen LogP contribution in [0.25, 0.3) is 0 Å². The number of rotatable bonds is 9. The first-order chi connectivity index (χ1) is 14.9. The maximum atomic E-state index is 12.9. The van der Waals surface area contributed by atoms with Gasteiger partial charge in [0.15, 0.2) is 0 Å². The number of amides is 3. The van der Waals surface area contributed by atoms with Crippen molar-refractivity contribution >= 4 is 17.7 Å². The average molecular weight is 428 g/mol. The van der Waals surface area contributed by atoms with Crippen LogP contribution in [-0.4, -0.2) is 42.5 Å². The lowest BCUT2D eigenvalue weighted by Gasteiger charge is -2.55. The summed E-state index contributed by atoms with van der Waals surface area (Å²) in [7, 11) is 0. The van der Waals surface area contributed by atoms with Crippen molar-refractivity contribution in [2.45, 2.75) is 51.4 Å². The van der Waals surface area contributed by atoms with E-state index in [1.54, 1.807) is 12.1 Å². The minimum Gasteiger partial charge on any atom is -0.508 e. The van der Waals surface area contributed by atoms with Gasteiger partial charge in [0.1, 0.15) is 5.75 Å². The van der Waals surface area contributed by atoms with Crippen LogP contribution >= 0.6 is 0 Å². The number of nitrogens with one attached hydrogen (secondary N) is 3. The summed E-state index contributed by atoms with van der Waals surface area (Å²) >= 11 is 0. The number of carbonyl (C=O) groups excluding carboxylic acids is 3. The minimum absolute atomic E-state index is 0.0511. The van der Waals surface area contributed by atoms with Crippen LogP contribution in [0.3, 0.4) is 0 Å². The van der Waals surface area contributed by atoms with E-state index in [4.69, 9.17) is 0 Å². The number of hydrogen-bond donors (Lipinski definition) is 4. The van der Waals surface area contributed by atoms with E-state index < -0.39 is 0 Å². The number of phenolic OH excluding ortho intramolecular Hbond substituents is 1. The van der Waals surface area contributed by atoms with Crippen LogP contribution in [0, 0.1) is 23.2 Å². The van der Waals surface area contributed by atoms with Gasteiger partial charge < -0.3 is 21.1 Å². The molecule has 0 radical (unpaired) electrons. The van der Waals surface area contributed by atoms with E-state index in [0.29, 0.717) is 31.6 Å². The van der Waals surface area contributed by atoms with Gasteiger partial charge in [-0.05, 0) is 80.9 Å². The van der Waals surface area contributed by atoms with Gasteiger partial charge in [0.05, 0.1) is 0 Å². The van der Waals surface area contributed by atoms with Crippen LogP contribution in [0.5, 0.6) is 5.75 Å². The highest BCUT2D eigenvalue weighted by Crippen LogP contribution is 2.60. The first-order valence-corrected chi connectivity index (χ1v) is 11.6. The van der Waals surface area contributed by atoms with Crippen LogP contribution in [0.2, 0.25) is 0 Å². The Hall–Kier alpha value is -2.57. The van der Waals surface area contributed by atoms with Crippen molar-refractivity contribution in [1.29, 1.82) is 0 Å². The lowest BCUT2D eigenvalue weighted by molar-refractivity contribution is -0.146. The number of aromatic hydroxyl groups is 1. The zero-order valence-corrected chi connectivity index (χ0v) is 18.0. The molecule has 4 saturated carbocycles. The molecule has 7 nitrogen and oxygen atoms in total. The minimum atomic E-state index is -0.255. The standard InChI is InChI=1S/C24H33N3O4/c28-20-4-1-3-19(12-20)22(30)26-7-2-6-25-21(29)5-8-27-23(31)24-13-16-9-17(14-24)11-18(10-16)15-24/h1,3-4,12,16-18,28H,2,5-11,13-15H2,(H,25,29)(H,26,30)(H,27,31). The largest absolute Gasteiger partial charge is 0.508 e. The first-order valence-electron chi connectivity index (χ1n) is 11.6. The predicted molar refractivity (Wildman–Crippen MR) is 116 cm³/mol. The zero-order chi connectivity index (χ0) is 21.8. The Labute approximate surface area is 183 Å². The van der Waals surface area contributed by atoms with E-state index >= 15 is 0 Å². The van der Waals surface area contributed by atoms with E-state index in [9.17, 15) is 19.5 Å². The third-order valence-electron chi connectivity index (χ3n) is 7.23. The molecule has 0 aliphatic heterocycles. The van der Waals surface area contributed by atoms with Crippen molar-refractivity contribution in [3.8, 4) is 5.75 Å². The number of benzene rings is 1. The maximum Gasteiger partial charge on any atom is 0.251 e. The molecule has 4 N–H and O–H groups in total. The summed E-state index contributed by atoms with van der Waals surface area (Å²) < 4.78 is 0. The molecule has 0 spiro atoms. The van der Waals surface area contributed by atoms with Crippen LogP contribution in [0.1, 0.15) is 61.7 Å². The second-order valence-electron chi connectivity index (χ2n) is 9.71. The molecule has 0 unspecified atom stereocenters. The molecule has 4 aliphatic carbocycles. The van der Waals surface area contributed by atoms with E-state index in [-0.39, 0.29) is 35.3 Å². The highest BCUT2D eigenvalue weighted by molar-refractivity contribution is 5.94. The van der Waals surface area contributed by atoms with Gasteiger partial charge in [-0.2, -0.15) is 0 Å². The Morgan fingerprint density at radius 2 is 1.55 bits per heavy atom. The molecule has 5 rings (SSSR count). The lowest BCUT2D eigenvalue weighted by Crippen LogP contribution is -2.53. The maximum absolute atomic E-state index is 12.9. The quantitative estimate of drug-likeness (QED) is 0.454. The summed E-state index contributed by atoms with van der Waals surface area (Å²) in [5.41, 5.74) is 0.234. The summed E-state index contributed by atoms with van der Waals surface area (Å²) in [4.78, 5) is 36.9. The van der Waals surface area contributed by atoms with Gasteiger partial charge in [-0.25, -0.2) is 0 Å². The SMILES string of the molecule is O=C(CCNC(=O)C12CC3CC(CC(C3)C1)C2)NCCCNC(=O)c1cccc(O)c1. The van der Waals surface area contributed by atoms with Gasteiger partial charge in [-0.15, -0.1) is 0 Å². The van der Waals surface area contributed by atoms with Crippen molar-refractivity contribution in [2.75, 3.05) is 19.6 Å². The zero-order valence-electron chi connectivity index (χ0n) is 18.0. The summed E-state index contributed by atoms with van der Waals surface area (Å²) in [6.45, 7) is 1.26. The smallest absolute Gasteiger partial charge is 0.251 e. The van der Waals surface area contributed by atoms with Crippen molar-refractivity contribution in [3.05, 3.63) is 29.8 Å². The van der Waals surface area contributed by atoms with Crippen LogP contribution < -0.4 is 16.0 Å². The first kappa shape index (κ1) is 21.7. The molecule has 7 heteroatoms. The predicted octanol–water partition coefficient (Wildman–Crippen LogP) is 2.35. The number of hydrogen-bond acceptors (Lipinski definition) is 4. The van der Waals surface area contributed by atoms with Gasteiger partial charge in [0, 0.05) is 37.0 Å². The normalized spacial score (nSPS) is 28.2. The topological polar surface area (TPSA) is 108 Å². The van der Waals surface area contributed by atoms with Crippen molar-refractivity contribution in [2.24, 2.45) is 23.2 Å². The molecular weight excluding hydrogens is 394 g/mol. The Kier molecular flexibility index (Phi) is 6.49. The second kappa shape index (κ2) is 9.28. The van der Waals surface area contributed by atoms with Gasteiger partial charge in [0.25, 0.3) is 5.91 Å². The molecule has 31 heavy (non-hydrogen) atoms. The van der Waals surface area contributed by atoms with Crippen LogP contribution in [-0.2, 0) is 9.59 Å². The monoisotopic (exact) mass is 427 g/mol. The molecule has 0 heterocycles. The molecule has 1 aromatic carbocycles. The molecule has 3 amide bonds. The molecule has 0 atom stereocenters. The molecule has 4 aliphatic rings. The highest BCUT2D eigenvalue weighted by atomic mass is 16.3. The molecule has 168 valence electrons. The van der Waals surface area contributed by atoms with E-state index in [2.05, 4.69) is 16.0 Å². The van der Waals surface area contributed by atoms with Crippen LogP contribution in [0.15, 0.2) is 24.3 Å². The molecule has 4 fully saturated rings. The van der Waals surface area contributed by atoms with Gasteiger partial charge in [-0.3, -0.25) is 14.4 Å². The molecule has 0 aromatic heterocycles. The van der Waals surface area contributed by atoms with Crippen LogP contribution in [0.4, 0.5) is 0 Å². The van der Waals surface area contributed by atoms with E-state index in [1.165, 1.54) is 31.4 Å². The van der Waals surface area contributed by atoms with Gasteiger partial charge in [0.2, 0.25) is 11.8 Å². The Bertz CT molecular complexity index is 803. The molecular formula is C24H33N3O4. The summed E-state index contributed by atoms with van der Waals surface area (Å²) in [6.07, 6.45) is 7.90. The molecule has 1 aromatic rings. The fourth-order valence-electron chi connectivity index (χ4n) is 6.22. The fourth-order valence-corrected chi connectivity index (χ4v) is 6.22. The van der Waals surface area contributed by atoms with Gasteiger partial charge >= 0.3 is 0 Å². The second-order valence-corrected chi connectivity index (χ2v) is 9.71. The van der Waals surface area contributed by atoms with Crippen molar-refractivity contribution in [1.82, 2.24) is 16.0 Å². The number of carbonyl (C=O) groups is 3. The van der Waals surface area contributed by atoms with Gasteiger partial charge in [-0.1, -0.05) is 6.07 Å². The fraction of sp³-hybridized carbons (Fsp3) is 0.625. The van der Waals surface area contributed by atoms with Crippen molar-refractivity contribution < 1.29 is 19.5 Å². The Morgan fingerprint density at radius 3 is 2.19 bits per heavy atom. The molecule has 4 bridgehead atoms. The van der Waals surface area contributed by atoms with E-state index in [0.717, 1.165) is 37.0 Å². The third-order valence-corrected chi connectivity index (χ3v) is 7.23. The summed E-state index contributed by atoms with van der Waals surface area (Å²) in [6, 6.07) is 6.17. The van der Waals surface area contributed by atoms with Crippen molar-refractivity contribution in [3.63, 3.8) is 0 Å². The Balaban J connectivity index is 1.09. The summed E-state index contributed by atoms with van der Waals surface area (Å²) in [5.74, 6) is 2.05. The lowest BCUT2D eigenvalue weighted by atomic mass is 9.49. The number of phenols is 1. The summed E-state index contributed by atoms with van der Waals surface area (Å²) in [5, 5.41) is 18.0. The highest BCUT2D eigenvalue weighted by Gasteiger charge is 2.54.